The van der Waals surface area contributed by atoms with Gasteiger partial charge in [0.25, 0.3) is 5.91 Å². The quantitative estimate of drug-likeness (QED) is 0.835. The van der Waals surface area contributed by atoms with E-state index < -0.39 is 10.0 Å². The molecule has 2 heterocycles. The van der Waals surface area contributed by atoms with Crippen LogP contribution in [0.25, 0.3) is 0 Å². The van der Waals surface area contributed by atoms with E-state index in [1.54, 1.807) is 11.4 Å². The highest BCUT2D eigenvalue weighted by molar-refractivity contribution is 7.89. The van der Waals surface area contributed by atoms with Gasteiger partial charge in [0.05, 0.1) is 11.3 Å². The van der Waals surface area contributed by atoms with Crippen LogP contribution in [0.15, 0.2) is 6.07 Å². The lowest BCUT2D eigenvalue weighted by Crippen LogP contribution is -2.36. The van der Waals surface area contributed by atoms with Gasteiger partial charge in [-0.2, -0.15) is 0 Å². The molecule has 140 valence electrons. The van der Waals surface area contributed by atoms with Gasteiger partial charge < -0.3 is 10.2 Å². The third-order valence-corrected chi connectivity index (χ3v) is 6.47. The maximum Gasteiger partial charge on any atom is 0.254 e. The first-order valence-electron chi connectivity index (χ1n) is 8.55. The molecule has 1 aromatic rings. The summed E-state index contributed by atoms with van der Waals surface area (Å²) in [5, 5.41) is 2.64. The van der Waals surface area contributed by atoms with E-state index in [4.69, 9.17) is 0 Å². The molecule has 0 radical (unpaired) electrons. The predicted octanol–water partition coefficient (Wildman–Crippen LogP) is 0.894. The summed E-state index contributed by atoms with van der Waals surface area (Å²) in [6, 6.07) is 1.86. The van der Waals surface area contributed by atoms with Crippen LogP contribution < -0.4 is 10.2 Å². The first kappa shape index (κ1) is 19.7. The van der Waals surface area contributed by atoms with Crippen molar-refractivity contribution in [2.45, 2.75) is 26.7 Å². The van der Waals surface area contributed by atoms with E-state index >= 15 is 0 Å². The number of carbonyl (C=O) groups excluding carboxylic acids is 1. The zero-order chi connectivity index (χ0) is 18.8. The fourth-order valence-corrected chi connectivity index (χ4v) is 4.84. The molecular weight excluding hydrogens is 340 g/mol. The van der Waals surface area contributed by atoms with Gasteiger partial charge in [-0.25, -0.2) is 17.7 Å². The number of nitrogens with one attached hydrogen (secondary N) is 1. The van der Waals surface area contributed by atoms with Crippen molar-refractivity contribution >= 4 is 21.7 Å². The summed E-state index contributed by atoms with van der Waals surface area (Å²) in [6.07, 6.45) is 1.12. The van der Waals surface area contributed by atoms with Crippen LogP contribution in [0.2, 0.25) is 0 Å². The summed E-state index contributed by atoms with van der Waals surface area (Å²) in [7, 11) is 2.01. The number of aromatic nitrogens is 1. The second kappa shape index (κ2) is 7.70. The van der Waals surface area contributed by atoms with E-state index in [0.717, 1.165) is 11.3 Å². The SMILES string of the molecule is CNC(=O)c1cc2c(nc1N(C)C)CCN(S(=O)(=O)CC(C)C)CC2. The topological polar surface area (TPSA) is 82.6 Å². The van der Waals surface area contributed by atoms with E-state index in [0.29, 0.717) is 37.3 Å². The van der Waals surface area contributed by atoms with Crippen molar-refractivity contribution in [3.63, 3.8) is 0 Å². The molecule has 0 saturated carbocycles. The van der Waals surface area contributed by atoms with Crippen LogP contribution in [0.3, 0.4) is 0 Å². The molecule has 0 unspecified atom stereocenters. The Balaban J connectivity index is 2.34. The summed E-state index contributed by atoms with van der Waals surface area (Å²) in [5.41, 5.74) is 2.34. The lowest BCUT2D eigenvalue weighted by molar-refractivity contribution is 0.0963. The van der Waals surface area contributed by atoms with Crippen molar-refractivity contribution in [3.05, 3.63) is 22.9 Å². The third-order valence-electron chi connectivity index (χ3n) is 4.23. The van der Waals surface area contributed by atoms with E-state index in [2.05, 4.69) is 10.3 Å². The minimum absolute atomic E-state index is 0.0916. The molecule has 7 nitrogen and oxygen atoms in total. The van der Waals surface area contributed by atoms with Gasteiger partial charge >= 0.3 is 0 Å². The standard InChI is InChI=1S/C17H28N4O3S/c1-12(2)11-25(23,24)21-8-6-13-10-14(17(22)18-3)16(20(4)5)19-15(13)7-9-21/h10,12H,6-9,11H2,1-5H3,(H,18,22). The zero-order valence-electron chi connectivity index (χ0n) is 15.7. The maximum atomic E-state index is 12.5. The van der Waals surface area contributed by atoms with Gasteiger partial charge in [-0.05, 0) is 24.0 Å². The highest BCUT2D eigenvalue weighted by Crippen LogP contribution is 2.24. The van der Waals surface area contributed by atoms with Crippen LogP contribution in [0.4, 0.5) is 5.82 Å². The average molecular weight is 369 g/mol. The van der Waals surface area contributed by atoms with Crippen molar-refractivity contribution in [3.8, 4) is 0 Å². The lowest BCUT2D eigenvalue weighted by Gasteiger charge is -2.20. The molecule has 1 aliphatic heterocycles. The maximum absolute atomic E-state index is 12.5. The highest BCUT2D eigenvalue weighted by Gasteiger charge is 2.27. The molecule has 1 amide bonds. The van der Waals surface area contributed by atoms with E-state index in [-0.39, 0.29) is 17.6 Å². The molecule has 1 aliphatic rings. The summed E-state index contributed by atoms with van der Waals surface area (Å²) in [5.74, 6) is 0.668. The van der Waals surface area contributed by atoms with Gasteiger partial charge in [-0.1, -0.05) is 13.8 Å². The van der Waals surface area contributed by atoms with Crippen LogP contribution in [0, 0.1) is 5.92 Å². The van der Waals surface area contributed by atoms with Gasteiger partial charge in [0.1, 0.15) is 5.82 Å². The molecule has 1 aromatic heterocycles. The molecule has 2 rings (SSSR count). The molecule has 1 N–H and O–H groups in total. The molecule has 0 bridgehead atoms. The fourth-order valence-electron chi connectivity index (χ4n) is 3.05. The number of anilines is 1. The number of pyridine rings is 1. The monoisotopic (exact) mass is 368 g/mol. The Morgan fingerprint density at radius 1 is 1.32 bits per heavy atom. The molecule has 0 aromatic carbocycles. The number of hydrogen-bond acceptors (Lipinski definition) is 5. The molecule has 0 spiro atoms. The fraction of sp³-hybridized carbons (Fsp3) is 0.647. The Morgan fingerprint density at radius 2 is 1.96 bits per heavy atom. The molecule has 0 aliphatic carbocycles. The Bertz CT molecular complexity index is 745. The summed E-state index contributed by atoms with van der Waals surface area (Å²) in [6.45, 7) is 4.68. The number of carbonyl (C=O) groups is 1. The van der Waals surface area contributed by atoms with Gasteiger partial charge in [0, 0.05) is 46.3 Å². The Labute approximate surface area is 150 Å². The van der Waals surface area contributed by atoms with Crippen LogP contribution >= 0.6 is 0 Å². The van der Waals surface area contributed by atoms with Crippen LogP contribution in [-0.4, -0.2) is 63.6 Å². The van der Waals surface area contributed by atoms with Crippen molar-refractivity contribution in [1.82, 2.24) is 14.6 Å². The van der Waals surface area contributed by atoms with Crippen molar-refractivity contribution in [2.24, 2.45) is 5.92 Å². The number of amides is 1. The molecular formula is C17H28N4O3S. The van der Waals surface area contributed by atoms with E-state index in [1.807, 2.05) is 38.9 Å². The second-order valence-electron chi connectivity index (χ2n) is 7.01. The van der Waals surface area contributed by atoms with Crippen molar-refractivity contribution in [1.29, 1.82) is 0 Å². The summed E-state index contributed by atoms with van der Waals surface area (Å²) < 4.78 is 26.6. The van der Waals surface area contributed by atoms with Gasteiger partial charge in [-0.3, -0.25) is 4.79 Å². The Morgan fingerprint density at radius 3 is 2.52 bits per heavy atom. The molecule has 0 atom stereocenters. The first-order valence-corrected chi connectivity index (χ1v) is 10.2. The Kier molecular flexibility index (Phi) is 6.05. The molecule has 0 fully saturated rings. The number of hydrogen-bond donors (Lipinski definition) is 1. The van der Waals surface area contributed by atoms with Gasteiger partial charge in [0.2, 0.25) is 10.0 Å². The number of sulfonamides is 1. The number of nitrogens with zero attached hydrogens (tertiary/aromatic N) is 3. The van der Waals surface area contributed by atoms with Crippen LogP contribution in [-0.2, 0) is 22.9 Å². The van der Waals surface area contributed by atoms with Gasteiger partial charge in [-0.15, -0.1) is 0 Å². The van der Waals surface area contributed by atoms with Crippen molar-refractivity contribution in [2.75, 3.05) is 44.9 Å². The predicted molar refractivity (Wildman–Crippen MR) is 99.6 cm³/mol. The summed E-state index contributed by atoms with van der Waals surface area (Å²) >= 11 is 0. The minimum atomic E-state index is -3.27. The van der Waals surface area contributed by atoms with Gasteiger partial charge in [0.15, 0.2) is 0 Å². The van der Waals surface area contributed by atoms with E-state index in [9.17, 15) is 13.2 Å². The lowest BCUT2D eigenvalue weighted by atomic mass is 10.0. The third kappa shape index (κ3) is 4.49. The normalized spacial score (nSPS) is 15.6. The van der Waals surface area contributed by atoms with Crippen molar-refractivity contribution < 1.29 is 13.2 Å². The average Bonchev–Trinajstić information content (AvgIpc) is 2.74. The molecule has 8 heteroatoms. The second-order valence-corrected chi connectivity index (χ2v) is 9.02. The zero-order valence-corrected chi connectivity index (χ0v) is 16.5. The largest absolute Gasteiger partial charge is 0.362 e. The smallest absolute Gasteiger partial charge is 0.254 e. The van der Waals surface area contributed by atoms with Crippen LogP contribution in [0.1, 0.15) is 35.5 Å². The minimum Gasteiger partial charge on any atom is -0.362 e. The Hall–Kier alpha value is -1.67. The number of rotatable bonds is 5. The number of fused-ring (bicyclic) bond motifs is 1. The summed E-state index contributed by atoms with van der Waals surface area (Å²) in [4.78, 5) is 18.6. The van der Waals surface area contributed by atoms with Crippen LogP contribution in [0.5, 0.6) is 0 Å². The first-order chi connectivity index (χ1) is 11.7. The van der Waals surface area contributed by atoms with E-state index in [1.165, 1.54) is 0 Å². The molecule has 0 saturated heterocycles. The molecule has 25 heavy (non-hydrogen) atoms. The highest BCUT2D eigenvalue weighted by atomic mass is 32.2.